The van der Waals surface area contributed by atoms with Gasteiger partial charge in [-0.05, 0) is 31.5 Å². The first kappa shape index (κ1) is 14.3. The molecule has 0 bridgehead atoms. The average molecular weight is 271 g/mol. The molecule has 0 aliphatic rings. The van der Waals surface area contributed by atoms with Crippen LogP contribution in [0, 0.1) is 0 Å². The highest BCUT2D eigenvalue weighted by Gasteiger charge is 2.13. The number of hydrogen-bond acceptors (Lipinski definition) is 2. The third-order valence-corrected chi connectivity index (χ3v) is 2.69. The number of anilines is 1. The molecule has 2 amide bonds. The molecule has 0 aliphatic heterocycles. The fraction of sp³-hybridized carbons (Fsp3) is 0.333. The number of urea groups is 1. The fourth-order valence-electron chi connectivity index (χ4n) is 1.29. The van der Waals surface area contributed by atoms with Gasteiger partial charge in [0.2, 0.25) is 0 Å². The number of nitrogens with one attached hydrogen (secondary N) is 2. The second-order valence-corrected chi connectivity index (χ2v) is 4.34. The summed E-state index contributed by atoms with van der Waals surface area (Å²) in [6, 6.07) is 3.78. The average Bonchev–Trinajstić information content (AvgIpc) is 2.28. The van der Waals surface area contributed by atoms with Crippen LogP contribution >= 0.6 is 11.6 Å². The molecule has 18 heavy (non-hydrogen) atoms. The molecule has 6 heteroatoms. The van der Waals surface area contributed by atoms with Crippen LogP contribution in [-0.2, 0) is 0 Å². The molecular formula is C12H15ClN2O3. The van der Waals surface area contributed by atoms with Gasteiger partial charge in [0.05, 0.1) is 11.3 Å². The highest BCUT2D eigenvalue weighted by molar-refractivity contribution is 6.31. The fourth-order valence-corrected chi connectivity index (χ4v) is 1.46. The predicted molar refractivity (Wildman–Crippen MR) is 70.3 cm³/mol. The van der Waals surface area contributed by atoms with Crippen molar-refractivity contribution in [2.24, 2.45) is 0 Å². The van der Waals surface area contributed by atoms with Crippen molar-refractivity contribution in [2.45, 2.75) is 26.3 Å². The highest BCUT2D eigenvalue weighted by atomic mass is 35.5. The number of halogens is 1. The Bertz CT molecular complexity index is 463. The molecule has 0 aromatic heterocycles. The Morgan fingerprint density at radius 2 is 2.11 bits per heavy atom. The minimum Gasteiger partial charge on any atom is -0.478 e. The molecule has 0 fully saturated rings. The first-order valence-corrected chi connectivity index (χ1v) is 5.92. The summed E-state index contributed by atoms with van der Waals surface area (Å²) in [5.41, 5.74) is 0.175. The van der Waals surface area contributed by atoms with Crippen LogP contribution in [0.1, 0.15) is 30.6 Å². The van der Waals surface area contributed by atoms with Crippen molar-refractivity contribution in [1.29, 1.82) is 0 Å². The highest BCUT2D eigenvalue weighted by Crippen LogP contribution is 2.21. The summed E-state index contributed by atoms with van der Waals surface area (Å²) in [6.45, 7) is 3.79. The van der Waals surface area contributed by atoms with Crippen molar-refractivity contribution in [3.63, 3.8) is 0 Å². The number of amides is 2. The van der Waals surface area contributed by atoms with Crippen LogP contribution in [0.3, 0.4) is 0 Å². The second-order valence-electron chi connectivity index (χ2n) is 3.90. The molecule has 5 nitrogen and oxygen atoms in total. The number of aromatic carboxylic acids is 1. The molecule has 1 aromatic rings. The Kier molecular flexibility index (Phi) is 4.97. The molecule has 1 aromatic carbocycles. The largest absolute Gasteiger partial charge is 0.478 e. The number of carboxylic acids is 1. The number of rotatable bonds is 4. The zero-order chi connectivity index (χ0) is 13.7. The van der Waals surface area contributed by atoms with Crippen molar-refractivity contribution in [3.8, 4) is 0 Å². The maximum atomic E-state index is 11.6. The van der Waals surface area contributed by atoms with E-state index >= 15 is 0 Å². The lowest BCUT2D eigenvalue weighted by molar-refractivity contribution is 0.0698. The molecule has 1 rings (SSSR count). The molecule has 1 unspecified atom stereocenters. The summed E-state index contributed by atoms with van der Waals surface area (Å²) in [4.78, 5) is 22.6. The van der Waals surface area contributed by atoms with E-state index in [1.165, 1.54) is 18.2 Å². The number of hydrogen-bond donors (Lipinski definition) is 3. The minimum absolute atomic E-state index is 0.00120. The maximum absolute atomic E-state index is 11.6. The van der Waals surface area contributed by atoms with Crippen molar-refractivity contribution in [3.05, 3.63) is 28.8 Å². The molecule has 0 saturated heterocycles. The number of carbonyl (C=O) groups excluding carboxylic acids is 1. The molecule has 0 aliphatic carbocycles. The van der Waals surface area contributed by atoms with Gasteiger partial charge in [-0.25, -0.2) is 9.59 Å². The van der Waals surface area contributed by atoms with Gasteiger partial charge in [-0.2, -0.15) is 0 Å². The maximum Gasteiger partial charge on any atom is 0.337 e. The van der Waals surface area contributed by atoms with Gasteiger partial charge in [0.15, 0.2) is 0 Å². The van der Waals surface area contributed by atoms with Crippen LogP contribution < -0.4 is 10.6 Å². The lowest BCUT2D eigenvalue weighted by Crippen LogP contribution is -2.35. The van der Waals surface area contributed by atoms with Crippen LogP contribution in [-0.4, -0.2) is 23.1 Å². The van der Waals surface area contributed by atoms with Crippen LogP contribution in [0.4, 0.5) is 10.5 Å². The van der Waals surface area contributed by atoms with E-state index in [1.54, 1.807) is 0 Å². The van der Waals surface area contributed by atoms with Crippen LogP contribution in [0.5, 0.6) is 0 Å². The Balaban J connectivity index is 2.86. The second kappa shape index (κ2) is 6.26. The van der Waals surface area contributed by atoms with E-state index in [9.17, 15) is 9.59 Å². The Morgan fingerprint density at radius 1 is 1.44 bits per heavy atom. The van der Waals surface area contributed by atoms with Gasteiger partial charge in [0, 0.05) is 11.1 Å². The molecule has 0 saturated carbocycles. The van der Waals surface area contributed by atoms with Gasteiger partial charge in [-0.15, -0.1) is 0 Å². The quantitative estimate of drug-likeness (QED) is 0.787. The lowest BCUT2D eigenvalue weighted by Gasteiger charge is -2.13. The van der Waals surface area contributed by atoms with Crippen LogP contribution in [0.15, 0.2) is 18.2 Å². The van der Waals surface area contributed by atoms with Crippen LogP contribution in [0.25, 0.3) is 0 Å². The van der Waals surface area contributed by atoms with Gasteiger partial charge in [-0.3, -0.25) is 0 Å². The van der Waals surface area contributed by atoms with E-state index in [4.69, 9.17) is 16.7 Å². The normalized spacial score (nSPS) is 11.7. The van der Waals surface area contributed by atoms with Gasteiger partial charge in [-0.1, -0.05) is 18.5 Å². The summed E-state index contributed by atoms with van der Waals surface area (Å²) < 4.78 is 0. The Labute approximate surface area is 110 Å². The standard InChI is InChI=1S/C12H15ClN2O3/c1-3-7(2)14-12(18)15-10-6-8(13)4-5-9(10)11(16)17/h4-7H,3H2,1-2H3,(H,16,17)(H2,14,15,18). The van der Waals surface area contributed by atoms with E-state index in [0.717, 1.165) is 6.42 Å². The van der Waals surface area contributed by atoms with E-state index in [2.05, 4.69) is 10.6 Å². The van der Waals surface area contributed by atoms with Crippen molar-refractivity contribution >= 4 is 29.3 Å². The molecule has 3 N–H and O–H groups in total. The van der Waals surface area contributed by atoms with Gasteiger partial charge in [0.1, 0.15) is 0 Å². The number of benzene rings is 1. The third kappa shape index (κ3) is 3.92. The third-order valence-electron chi connectivity index (χ3n) is 2.45. The van der Waals surface area contributed by atoms with Crippen molar-refractivity contribution in [1.82, 2.24) is 5.32 Å². The minimum atomic E-state index is -1.12. The molecule has 1 atom stereocenters. The Hall–Kier alpha value is -1.75. The molecule has 98 valence electrons. The van der Waals surface area contributed by atoms with E-state index in [-0.39, 0.29) is 17.3 Å². The topological polar surface area (TPSA) is 78.4 Å². The number of carboxylic acid groups (broad SMARTS) is 1. The van der Waals surface area contributed by atoms with E-state index in [1.807, 2.05) is 13.8 Å². The summed E-state index contributed by atoms with van der Waals surface area (Å²) in [5.74, 6) is -1.12. The van der Waals surface area contributed by atoms with Gasteiger partial charge >= 0.3 is 12.0 Å². The predicted octanol–water partition coefficient (Wildman–Crippen LogP) is 2.96. The smallest absolute Gasteiger partial charge is 0.337 e. The van der Waals surface area contributed by atoms with Crippen molar-refractivity contribution < 1.29 is 14.7 Å². The molecule has 0 radical (unpaired) electrons. The van der Waals surface area contributed by atoms with Crippen LogP contribution in [0.2, 0.25) is 5.02 Å². The summed E-state index contributed by atoms with van der Waals surface area (Å²) in [6.07, 6.45) is 0.786. The Morgan fingerprint density at radius 3 is 2.67 bits per heavy atom. The summed E-state index contributed by atoms with van der Waals surface area (Å²) in [5, 5.41) is 14.5. The van der Waals surface area contributed by atoms with E-state index < -0.39 is 12.0 Å². The van der Waals surface area contributed by atoms with Gasteiger partial charge in [0.25, 0.3) is 0 Å². The monoisotopic (exact) mass is 270 g/mol. The van der Waals surface area contributed by atoms with Crippen molar-refractivity contribution in [2.75, 3.05) is 5.32 Å². The SMILES string of the molecule is CCC(C)NC(=O)Nc1cc(Cl)ccc1C(=O)O. The molecular weight excluding hydrogens is 256 g/mol. The zero-order valence-corrected chi connectivity index (χ0v) is 10.9. The zero-order valence-electron chi connectivity index (χ0n) is 10.2. The number of carbonyl (C=O) groups is 2. The first-order chi connectivity index (χ1) is 8.43. The lowest BCUT2D eigenvalue weighted by atomic mass is 10.2. The first-order valence-electron chi connectivity index (χ1n) is 5.54. The summed E-state index contributed by atoms with van der Waals surface area (Å²) in [7, 11) is 0. The van der Waals surface area contributed by atoms with E-state index in [0.29, 0.717) is 5.02 Å². The summed E-state index contributed by atoms with van der Waals surface area (Å²) >= 11 is 5.77. The van der Waals surface area contributed by atoms with Gasteiger partial charge < -0.3 is 15.7 Å². The molecule has 0 spiro atoms. The molecule has 0 heterocycles.